The summed E-state index contributed by atoms with van der Waals surface area (Å²) in [5, 5.41) is 4.26. The molecule has 1 aromatic heterocycles. The van der Waals surface area contributed by atoms with Crippen molar-refractivity contribution < 1.29 is 4.79 Å². The number of amides is 1. The summed E-state index contributed by atoms with van der Waals surface area (Å²) < 4.78 is 0. The Labute approximate surface area is 144 Å². The number of nitrogens with zero attached hydrogens (tertiary/aromatic N) is 2. The molecule has 2 aromatic rings. The van der Waals surface area contributed by atoms with Gasteiger partial charge in [0.1, 0.15) is 0 Å². The van der Waals surface area contributed by atoms with Gasteiger partial charge in [0.2, 0.25) is 5.91 Å². The lowest BCUT2D eigenvalue weighted by atomic mass is 9.94. The van der Waals surface area contributed by atoms with Gasteiger partial charge in [0.15, 0.2) is 0 Å². The summed E-state index contributed by atoms with van der Waals surface area (Å²) >= 11 is 0. The van der Waals surface area contributed by atoms with E-state index in [0.29, 0.717) is 0 Å². The number of aromatic nitrogens is 1. The summed E-state index contributed by atoms with van der Waals surface area (Å²) in [4.78, 5) is 19.4. The second-order valence-electron chi connectivity index (χ2n) is 6.93. The van der Waals surface area contributed by atoms with Crippen molar-refractivity contribution in [1.29, 1.82) is 0 Å². The maximum absolute atomic E-state index is 12.2. The Morgan fingerprint density at radius 1 is 1.29 bits per heavy atom. The van der Waals surface area contributed by atoms with Crippen molar-refractivity contribution in [2.45, 2.75) is 46.1 Å². The van der Waals surface area contributed by atoms with Gasteiger partial charge in [-0.15, -0.1) is 0 Å². The zero-order chi connectivity index (χ0) is 17.1. The number of aryl methyl sites for hydroxylation is 1. The number of nitrogens with one attached hydrogen (secondary N) is 1. The van der Waals surface area contributed by atoms with Crippen LogP contribution in [0.1, 0.15) is 39.3 Å². The first-order chi connectivity index (χ1) is 11.6. The van der Waals surface area contributed by atoms with E-state index in [-0.39, 0.29) is 17.9 Å². The molecule has 2 heterocycles. The van der Waals surface area contributed by atoms with E-state index in [1.165, 1.54) is 11.1 Å². The largest absolute Gasteiger partial charge is 0.371 e. The van der Waals surface area contributed by atoms with Gasteiger partial charge in [0.25, 0.3) is 0 Å². The number of carbonyl (C=O) groups is 1. The van der Waals surface area contributed by atoms with E-state index in [1.54, 1.807) is 0 Å². The van der Waals surface area contributed by atoms with Crippen molar-refractivity contribution in [3.8, 4) is 0 Å². The van der Waals surface area contributed by atoms with Gasteiger partial charge in [-0.2, -0.15) is 0 Å². The van der Waals surface area contributed by atoms with E-state index >= 15 is 0 Å². The molecule has 0 unspecified atom stereocenters. The Kier molecular flexibility index (Phi) is 5.03. The Morgan fingerprint density at radius 3 is 2.67 bits per heavy atom. The third kappa shape index (κ3) is 3.53. The van der Waals surface area contributed by atoms with Crippen LogP contribution in [0.25, 0.3) is 10.9 Å². The first-order valence-corrected chi connectivity index (χ1v) is 9.02. The number of benzene rings is 1. The van der Waals surface area contributed by atoms with Crippen molar-refractivity contribution in [3.63, 3.8) is 0 Å². The molecule has 0 radical (unpaired) electrons. The summed E-state index contributed by atoms with van der Waals surface area (Å²) in [7, 11) is 0. The van der Waals surface area contributed by atoms with E-state index in [4.69, 9.17) is 4.98 Å². The van der Waals surface area contributed by atoms with Crippen molar-refractivity contribution in [2.75, 3.05) is 18.0 Å². The zero-order valence-corrected chi connectivity index (χ0v) is 14.9. The van der Waals surface area contributed by atoms with Crippen LogP contribution in [0.4, 0.5) is 5.69 Å². The van der Waals surface area contributed by atoms with Crippen LogP contribution in [-0.2, 0) is 11.2 Å². The molecule has 1 aliphatic rings. The number of pyridine rings is 1. The normalized spacial score (nSPS) is 15.9. The molecule has 1 amide bonds. The molecule has 1 N–H and O–H groups in total. The van der Waals surface area contributed by atoms with Gasteiger partial charge >= 0.3 is 0 Å². The molecule has 1 aliphatic heterocycles. The zero-order valence-electron chi connectivity index (χ0n) is 14.9. The van der Waals surface area contributed by atoms with Crippen LogP contribution in [0, 0.1) is 5.92 Å². The number of hydrogen-bond acceptors (Lipinski definition) is 3. The lowest BCUT2D eigenvalue weighted by molar-refractivity contribution is -0.126. The fourth-order valence-electron chi connectivity index (χ4n) is 3.44. The van der Waals surface area contributed by atoms with Crippen LogP contribution in [0.15, 0.2) is 30.3 Å². The minimum atomic E-state index is 0.141. The van der Waals surface area contributed by atoms with Gasteiger partial charge < -0.3 is 10.2 Å². The average molecular weight is 325 g/mol. The third-order valence-corrected chi connectivity index (χ3v) is 4.75. The molecular weight excluding hydrogens is 298 g/mol. The van der Waals surface area contributed by atoms with Gasteiger partial charge in [-0.1, -0.05) is 25.1 Å². The van der Waals surface area contributed by atoms with Gasteiger partial charge in [-0.25, -0.2) is 0 Å². The van der Waals surface area contributed by atoms with Gasteiger partial charge in [0.05, 0.1) is 5.52 Å². The van der Waals surface area contributed by atoms with E-state index < -0.39 is 0 Å². The maximum atomic E-state index is 12.2. The van der Waals surface area contributed by atoms with E-state index in [1.807, 2.05) is 19.9 Å². The smallest absolute Gasteiger partial charge is 0.223 e. The van der Waals surface area contributed by atoms with Crippen molar-refractivity contribution in [2.24, 2.45) is 5.92 Å². The van der Waals surface area contributed by atoms with Crippen molar-refractivity contribution in [1.82, 2.24) is 10.3 Å². The molecule has 3 rings (SSSR count). The molecule has 0 aliphatic carbocycles. The summed E-state index contributed by atoms with van der Waals surface area (Å²) in [6, 6.07) is 10.8. The summed E-state index contributed by atoms with van der Waals surface area (Å²) in [5.74, 6) is 0.348. The number of rotatable bonds is 4. The molecule has 0 atom stereocenters. The van der Waals surface area contributed by atoms with Gasteiger partial charge in [-0.3, -0.25) is 9.78 Å². The molecule has 4 heteroatoms. The third-order valence-electron chi connectivity index (χ3n) is 4.75. The van der Waals surface area contributed by atoms with Gasteiger partial charge in [-0.05, 0) is 45.2 Å². The average Bonchev–Trinajstić information content (AvgIpc) is 2.60. The lowest BCUT2D eigenvalue weighted by Gasteiger charge is -2.34. The maximum Gasteiger partial charge on any atom is 0.223 e. The first-order valence-electron chi connectivity index (χ1n) is 9.02. The minimum absolute atomic E-state index is 0.141. The predicted octanol–water partition coefficient (Wildman–Crippen LogP) is 3.54. The Morgan fingerprint density at radius 2 is 2.00 bits per heavy atom. The van der Waals surface area contributed by atoms with Crippen LogP contribution in [-0.4, -0.2) is 30.0 Å². The molecule has 1 saturated heterocycles. The first kappa shape index (κ1) is 16.7. The fraction of sp³-hybridized carbons (Fsp3) is 0.500. The second-order valence-corrected chi connectivity index (χ2v) is 6.93. The highest BCUT2D eigenvalue weighted by atomic mass is 16.1. The predicted molar refractivity (Wildman–Crippen MR) is 99.3 cm³/mol. The fourth-order valence-corrected chi connectivity index (χ4v) is 3.44. The Hall–Kier alpha value is -2.10. The minimum Gasteiger partial charge on any atom is -0.371 e. The summed E-state index contributed by atoms with van der Waals surface area (Å²) in [5.41, 5.74) is 3.45. The monoisotopic (exact) mass is 325 g/mol. The van der Waals surface area contributed by atoms with Crippen molar-refractivity contribution in [3.05, 3.63) is 36.0 Å². The molecule has 0 bridgehead atoms. The van der Waals surface area contributed by atoms with Crippen LogP contribution < -0.4 is 10.2 Å². The highest BCUT2D eigenvalue weighted by Gasteiger charge is 2.26. The van der Waals surface area contributed by atoms with Crippen LogP contribution >= 0.6 is 0 Å². The highest BCUT2D eigenvalue weighted by Crippen LogP contribution is 2.30. The number of hydrogen-bond donors (Lipinski definition) is 1. The van der Waals surface area contributed by atoms with E-state index in [2.05, 4.69) is 41.4 Å². The number of fused-ring (bicyclic) bond motifs is 1. The molecule has 128 valence electrons. The summed E-state index contributed by atoms with van der Waals surface area (Å²) in [6.45, 7) is 8.02. The van der Waals surface area contributed by atoms with Crippen molar-refractivity contribution >= 4 is 22.5 Å². The van der Waals surface area contributed by atoms with Crippen LogP contribution in [0.5, 0.6) is 0 Å². The molecular formula is C20H27N3O. The number of para-hydroxylation sites is 1. The summed E-state index contributed by atoms with van der Waals surface area (Å²) in [6.07, 6.45) is 2.76. The number of carbonyl (C=O) groups excluding carboxylic acids is 1. The lowest BCUT2D eigenvalue weighted by Crippen LogP contribution is -2.42. The van der Waals surface area contributed by atoms with Crippen LogP contribution in [0.3, 0.4) is 0 Å². The SMILES string of the molecule is CCc1cc(N2CCC(C(=O)NC(C)C)CC2)c2ccccc2n1. The molecule has 4 nitrogen and oxygen atoms in total. The Bertz CT molecular complexity index is 718. The van der Waals surface area contributed by atoms with E-state index in [0.717, 1.165) is 43.6 Å². The second kappa shape index (κ2) is 7.20. The number of piperidine rings is 1. The van der Waals surface area contributed by atoms with Crippen LogP contribution in [0.2, 0.25) is 0 Å². The molecule has 0 spiro atoms. The standard InChI is InChI=1S/C20H27N3O/c1-4-16-13-19(17-7-5-6-8-18(17)22-16)23-11-9-15(10-12-23)20(24)21-14(2)3/h5-8,13-15H,4,9-12H2,1-3H3,(H,21,24). The van der Waals surface area contributed by atoms with Gasteiger partial charge in [0, 0.05) is 41.8 Å². The highest BCUT2D eigenvalue weighted by molar-refractivity contribution is 5.92. The molecule has 1 aromatic carbocycles. The molecule has 1 fully saturated rings. The molecule has 24 heavy (non-hydrogen) atoms. The topological polar surface area (TPSA) is 45.2 Å². The quantitative estimate of drug-likeness (QED) is 0.935. The number of anilines is 1. The van der Waals surface area contributed by atoms with E-state index in [9.17, 15) is 4.79 Å². The molecule has 0 saturated carbocycles. The Balaban J connectivity index is 1.79.